The van der Waals surface area contributed by atoms with Crippen LogP contribution in [-0.2, 0) is 0 Å². The van der Waals surface area contributed by atoms with Crippen LogP contribution in [0.3, 0.4) is 0 Å². The molecule has 2 heterocycles. The van der Waals surface area contributed by atoms with Crippen LogP contribution in [-0.4, -0.2) is 36.1 Å². The van der Waals surface area contributed by atoms with Gasteiger partial charge in [-0.25, -0.2) is 0 Å². The van der Waals surface area contributed by atoms with Crippen LogP contribution < -0.4 is 5.32 Å². The fraction of sp³-hybridized carbons (Fsp3) is 1.00. The van der Waals surface area contributed by atoms with Gasteiger partial charge < -0.3 is 5.32 Å². The summed E-state index contributed by atoms with van der Waals surface area (Å²) >= 11 is 0. The largest absolute Gasteiger partial charge is 0.310 e. The van der Waals surface area contributed by atoms with Crippen LogP contribution in [0.1, 0.15) is 52.4 Å². The Balaban J connectivity index is 2.04. The highest BCUT2D eigenvalue weighted by atomic mass is 15.2. The second-order valence-electron chi connectivity index (χ2n) is 5.44. The summed E-state index contributed by atoms with van der Waals surface area (Å²) < 4.78 is 0. The van der Waals surface area contributed by atoms with E-state index in [2.05, 4.69) is 24.1 Å². The summed E-state index contributed by atoms with van der Waals surface area (Å²) in [5, 5.41) is 3.79. The average molecular weight is 210 g/mol. The maximum Gasteiger partial charge on any atom is 0.0308 e. The van der Waals surface area contributed by atoms with Crippen molar-refractivity contribution in [1.82, 2.24) is 10.2 Å². The van der Waals surface area contributed by atoms with Gasteiger partial charge in [0.2, 0.25) is 0 Å². The van der Waals surface area contributed by atoms with Crippen LogP contribution in [0.5, 0.6) is 0 Å². The van der Waals surface area contributed by atoms with Crippen molar-refractivity contribution in [2.45, 2.75) is 64.0 Å². The summed E-state index contributed by atoms with van der Waals surface area (Å²) in [6.45, 7) is 8.53. The van der Waals surface area contributed by atoms with Gasteiger partial charge in [-0.15, -0.1) is 0 Å². The SMILES string of the molecule is CCN1CCCCC1C1(C)CCCCN1. The minimum Gasteiger partial charge on any atom is -0.310 e. The first-order valence-corrected chi connectivity index (χ1v) is 6.75. The van der Waals surface area contributed by atoms with E-state index in [-0.39, 0.29) is 0 Å². The number of rotatable bonds is 2. The Labute approximate surface area is 94.4 Å². The van der Waals surface area contributed by atoms with Crippen molar-refractivity contribution in [3.8, 4) is 0 Å². The molecule has 0 spiro atoms. The number of likely N-dealkylation sites (tertiary alicyclic amines) is 1. The molecule has 0 bridgehead atoms. The van der Waals surface area contributed by atoms with Gasteiger partial charge in [-0.05, 0) is 52.2 Å². The average Bonchev–Trinajstić information content (AvgIpc) is 2.30. The van der Waals surface area contributed by atoms with E-state index in [1.165, 1.54) is 58.2 Å². The van der Waals surface area contributed by atoms with Crippen LogP contribution in [0, 0.1) is 0 Å². The van der Waals surface area contributed by atoms with E-state index in [0.717, 1.165) is 6.04 Å². The molecule has 0 saturated carbocycles. The number of piperidine rings is 2. The number of hydrogen-bond donors (Lipinski definition) is 1. The quantitative estimate of drug-likeness (QED) is 0.753. The predicted octanol–water partition coefficient (Wildman–Crippen LogP) is 2.39. The first kappa shape index (κ1) is 11.4. The van der Waals surface area contributed by atoms with Crippen molar-refractivity contribution in [3.05, 3.63) is 0 Å². The summed E-state index contributed by atoms with van der Waals surface area (Å²) in [6.07, 6.45) is 8.39. The van der Waals surface area contributed by atoms with Gasteiger partial charge in [-0.1, -0.05) is 19.8 Å². The zero-order chi connectivity index (χ0) is 10.7. The van der Waals surface area contributed by atoms with Gasteiger partial charge in [0.15, 0.2) is 0 Å². The minimum atomic E-state index is 0.397. The van der Waals surface area contributed by atoms with E-state index in [4.69, 9.17) is 0 Å². The molecule has 2 aliphatic heterocycles. The number of likely N-dealkylation sites (N-methyl/N-ethyl adjacent to an activating group) is 1. The van der Waals surface area contributed by atoms with Crippen LogP contribution in [0.4, 0.5) is 0 Å². The van der Waals surface area contributed by atoms with Crippen LogP contribution >= 0.6 is 0 Å². The van der Waals surface area contributed by atoms with Crippen molar-refractivity contribution in [3.63, 3.8) is 0 Å². The van der Waals surface area contributed by atoms with Gasteiger partial charge in [0.05, 0.1) is 0 Å². The Morgan fingerprint density at radius 2 is 2.13 bits per heavy atom. The topological polar surface area (TPSA) is 15.3 Å². The maximum atomic E-state index is 3.79. The second-order valence-corrected chi connectivity index (χ2v) is 5.44. The zero-order valence-corrected chi connectivity index (χ0v) is 10.4. The predicted molar refractivity (Wildman–Crippen MR) is 65.1 cm³/mol. The number of hydrogen-bond acceptors (Lipinski definition) is 2. The molecule has 15 heavy (non-hydrogen) atoms. The van der Waals surface area contributed by atoms with E-state index in [9.17, 15) is 0 Å². The second kappa shape index (κ2) is 4.84. The smallest absolute Gasteiger partial charge is 0.0308 e. The van der Waals surface area contributed by atoms with Crippen molar-refractivity contribution >= 4 is 0 Å². The molecule has 2 rings (SSSR count). The molecule has 2 aliphatic rings. The van der Waals surface area contributed by atoms with Crippen molar-refractivity contribution in [2.24, 2.45) is 0 Å². The minimum absolute atomic E-state index is 0.397. The van der Waals surface area contributed by atoms with Gasteiger partial charge in [-0.2, -0.15) is 0 Å². The molecule has 0 aromatic heterocycles. The third-order valence-corrected chi connectivity index (χ3v) is 4.41. The molecule has 2 saturated heterocycles. The van der Waals surface area contributed by atoms with E-state index in [0.29, 0.717) is 5.54 Å². The standard InChI is InChI=1S/C13H26N2/c1-3-15-11-7-4-8-12(15)13(2)9-5-6-10-14-13/h12,14H,3-11H2,1-2H3. The molecule has 2 nitrogen and oxygen atoms in total. The summed E-state index contributed by atoms with van der Waals surface area (Å²) in [6, 6.07) is 0.788. The van der Waals surface area contributed by atoms with Gasteiger partial charge >= 0.3 is 0 Å². The highest BCUT2D eigenvalue weighted by molar-refractivity contribution is 4.99. The maximum absolute atomic E-state index is 3.79. The van der Waals surface area contributed by atoms with Gasteiger partial charge in [0.1, 0.15) is 0 Å². The molecule has 2 unspecified atom stereocenters. The summed E-state index contributed by atoms with van der Waals surface area (Å²) in [4.78, 5) is 2.70. The highest BCUT2D eigenvalue weighted by Crippen LogP contribution is 2.31. The Morgan fingerprint density at radius 3 is 2.80 bits per heavy atom. The Kier molecular flexibility index (Phi) is 3.68. The fourth-order valence-corrected chi connectivity index (χ4v) is 3.46. The molecule has 0 amide bonds. The summed E-state index contributed by atoms with van der Waals surface area (Å²) in [5.41, 5.74) is 0.397. The Hall–Kier alpha value is -0.0800. The zero-order valence-electron chi connectivity index (χ0n) is 10.4. The fourth-order valence-electron chi connectivity index (χ4n) is 3.46. The van der Waals surface area contributed by atoms with Crippen molar-refractivity contribution in [2.75, 3.05) is 19.6 Å². The monoisotopic (exact) mass is 210 g/mol. The van der Waals surface area contributed by atoms with E-state index >= 15 is 0 Å². The lowest BCUT2D eigenvalue weighted by Gasteiger charge is -2.49. The van der Waals surface area contributed by atoms with Crippen molar-refractivity contribution < 1.29 is 0 Å². The molecular formula is C13H26N2. The highest BCUT2D eigenvalue weighted by Gasteiger charge is 2.38. The molecule has 1 N–H and O–H groups in total. The third-order valence-electron chi connectivity index (χ3n) is 4.41. The lowest BCUT2D eigenvalue weighted by Crippen LogP contribution is -2.61. The molecule has 0 radical (unpaired) electrons. The van der Waals surface area contributed by atoms with E-state index < -0.39 is 0 Å². The van der Waals surface area contributed by atoms with Crippen LogP contribution in [0.2, 0.25) is 0 Å². The number of nitrogens with zero attached hydrogens (tertiary/aromatic N) is 1. The first-order chi connectivity index (χ1) is 7.26. The molecule has 2 heteroatoms. The first-order valence-electron chi connectivity index (χ1n) is 6.75. The van der Waals surface area contributed by atoms with Gasteiger partial charge in [0, 0.05) is 11.6 Å². The van der Waals surface area contributed by atoms with E-state index in [1.54, 1.807) is 0 Å². The Bertz CT molecular complexity index is 197. The molecular weight excluding hydrogens is 184 g/mol. The van der Waals surface area contributed by atoms with Gasteiger partial charge in [0.25, 0.3) is 0 Å². The molecule has 2 fully saturated rings. The van der Waals surface area contributed by atoms with E-state index in [1.807, 2.05) is 0 Å². The molecule has 88 valence electrons. The van der Waals surface area contributed by atoms with Crippen molar-refractivity contribution in [1.29, 1.82) is 0 Å². The van der Waals surface area contributed by atoms with Crippen LogP contribution in [0.15, 0.2) is 0 Å². The summed E-state index contributed by atoms with van der Waals surface area (Å²) in [5.74, 6) is 0. The molecule has 0 aliphatic carbocycles. The lowest BCUT2D eigenvalue weighted by molar-refractivity contribution is 0.0589. The summed E-state index contributed by atoms with van der Waals surface area (Å²) in [7, 11) is 0. The third kappa shape index (κ3) is 2.36. The lowest BCUT2D eigenvalue weighted by atomic mass is 9.79. The molecule has 0 aromatic carbocycles. The Morgan fingerprint density at radius 1 is 1.27 bits per heavy atom. The molecule has 0 aromatic rings. The molecule has 2 atom stereocenters. The number of nitrogens with one attached hydrogen (secondary N) is 1. The van der Waals surface area contributed by atoms with Gasteiger partial charge in [-0.3, -0.25) is 4.90 Å². The normalized spacial score (nSPS) is 39.2. The van der Waals surface area contributed by atoms with Crippen LogP contribution in [0.25, 0.3) is 0 Å².